The van der Waals surface area contributed by atoms with Crippen LogP contribution in [0.4, 0.5) is 5.69 Å². The molecule has 2 rings (SSSR count). The van der Waals surface area contributed by atoms with Crippen molar-refractivity contribution in [2.75, 3.05) is 25.7 Å². The molecule has 1 fully saturated rings. The molecule has 2 unspecified atom stereocenters. The first-order valence-electron chi connectivity index (χ1n) is 6.65. The lowest BCUT2D eigenvalue weighted by atomic mass is 10.1. The summed E-state index contributed by atoms with van der Waals surface area (Å²) < 4.78 is 10.3. The molecule has 1 aliphatic heterocycles. The molecule has 0 bridgehead atoms. The third-order valence-corrected chi connectivity index (χ3v) is 3.83. The van der Waals surface area contributed by atoms with E-state index in [2.05, 4.69) is 11.8 Å². The third-order valence-electron chi connectivity index (χ3n) is 3.83. The van der Waals surface area contributed by atoms with E-state index in [1.165, 1.54) is 7.11 Å². The van der Waals surface area contributed by atoms with E-state index in [-0.39, 0.29) is 12.1 Å². The summed E-state index contributed by atoms with van der Waals surface area (Å²) in [5.41, 5.74) is 1.57. The lowest BCUT2D eigenvalue weighted by molar-refractivity contribution is 0.0600. The lowest BCUT2D eigenvalue weighted by Gasteiger charge is -2.31. The molecule has 4 heteroatoms. The van der Waals surface area contributed by atoms with Gasteiger partial charge in [0, 0.05) is 13.7 Å². The number of ether oxygens (including phenoxy) is 2. The van der Waals surface area contributed by atoms with Crippen molar-refractivity contribution in [1.29, 1.82) is 0 Å². The van der Waals surface area contributed by atoms with Gasteiger partial charge in [-0.3, -0.25) is 0 Å². The second-order valence-corrected chi connectivity index (χ2v) is 4.85. The Morgan fingerprint density at radius 1 is 1.37 bits per heavy atom. The van der Waals surface area contributed by atoms with Crippen molar-refractivity contribution in [3.8, 4) is 0 Å². The molecule has 1 aliphatic rings. The minimum atomic E-state index is -0.286. The Morgan fingerprint density at radius 3 is 2.79 bits per heavy atom. The summed E-state index contributed by atoms with van der Waals surface area (Å²) in [7, 11) is 3.14. The van der Waals surface area contributed by atoms with Gasteiger partial charge in [0.1, 0.15) is 0 Å². The van der Waals surface area contributed by atoms with Crippen LogP contribution in [0.5, 0.6) is 0 Å². The average molecular weight is 263 g/mol. The molecule has 1 heterocycles. The highest BCUT2D eigenvalue weighted by molar-refractivity contribution is 5.95. The van der Waals surface area contributed by atoms with Crippen LogP contribution in [-0.2, 0) is 9.47 Å². The van der Waals surface area contributed by atoms with Gasteiger partial charge >= 0.3 is 5.97 Å². The Balaban J connectivity index is 2.33. The van der Waals surface area contributed by atoms with Crippen LogP contribution < -0.4 is 4.90 Å². The summed E-state index contributed by atoms with van der Waals surface area (Å²) in [6.45, 7) is 3.02. The molecule has 0 radical (unpaired) electrons. The van der Waals surface area contributed by atoms with Crippen molar-refractivity contribution in [1.82, 2.24) is 0 Å². The van der Waals surface area contributed by atoms with Gasteiger partial charge in [-0.1, -0.05) is 12.1 Å². The fourth-order valence-electron chi connectivity index (χ4n) is 2.74. The first-order chi connectivity index (χ1) is 9.19. The van der Waals surface area contributed by atoms with Gasteiger partial charge in [-0.05, 0) is 31.9 Å². The van der Waals surface area contributed by atoms with Gasteiger partial charge in [0.2, 0.25) is 0 Å². The number of carbonyl (C=O) groups excluding carboxylic acids is 1. The minimum Gasteiger partial charge on any atom is -0.465 e. The topological polar surface area (TPSA) is 38.8 Å². The Bertz CT molecular complexity index is 447. The van der Waals surface area contributed by atoms with Crippen molar-refractivity contribution in [3.63, 3.8) is 0 Å². The van der Waals surface area contributed by atoms with E-state index < -0.39 is 0 Å². The van der Waals surface area contributed by atoms with Crippen LogP contribution in [0.2, 0.25) is 0 Å². The van der Waals surface area contributed by atoms with Crippen molar-refractivity contribution < 1.29 is 14.3 Å². The zero-order valence-corrected chi connectivity index (χ0v) is 11.8. The second-order valence-electron chi connectivity index (χ2n) is 4.85. The first kappa shape index (κ1) is 13.9. The van der Waals surface area contributed by atoms with Crippen molar-refractivity contribution in [2.45, 2.75) is 31.9 Å². The number of hydrogen-bond donors (Lipinski definition) is 0. The summed E-state index contributed by atoms with van der Waals surface area (Å²) in [6, 6.07) is 7.92. The highest BCUT2D eigenvalue weighted by atomic mass is 16.5. The summed E-state index contributed by atoms with van der Waals surface area (Å²) >= 11 is 0. The van der Waals surface area contributed by atoms with Gasteiger partial charge in [-0.2, -0.15) is 0 Å². The molecule has 0 amide bonds. The van der Waals surface area contributed by atoms with Crippen LogP contribution in [0.1, 0.15) is 30.1 Å². The summed E-state index contributed by atoms with van der Waals surface area (Å²) in [6.07, 6.45) is 2.35. The molecule has 1 aromatic rings. The van der Waals surface area contributed by atoms with Crippen LogP contribution >= 0.6 is 0 Å². The van der Waals surface area contributed by atoms with E-state index >= 15 is 0 Å². The molecule has 2 atom stereocenters. The number of para-hydroxylation sites is 1. The monoisotopic (exact) mass is 263 g/mol. The van der Waals surface area contributed by atoms with Crippen molar-refractivity contribution in [2.24, 2.45) is 0 Å². The number of esters is 1. The van der Waals surface area contributed by atoms with Gasteiger partial charge in [0.15, 0.2) is 0 Å². The minimum absolute atomic E-state index is 0.146. The highest BCUT2D eigenvalue weighted by Gasteiger charge is 2.31. The molecule has 104 valence electrons. The highest BCUT2D eigenvalue weighted by Crippen LogP contribution is 2.31. The number of carbonyl (C=O) groups is 1. The molecule has 19 heavy (non-hydrogen) atoms. The van der Waals surface area contributed by atoms with E-state index in [9.17, 15) is 4.79 Å². The van der Waals surface area contributed by atoms with E-state index in [4.69, 9.17) is 9.47 Å². The van der Waals surface area contributed by atoms with Crippen molar-refractivity contribution >= 4 is 11.7 Å². The van der Waals surface area contributed by atoms with E-state index in [1.54, 1.807) is 7.11 Å². The number of anilines is 1. The Hall–Kier alpha value is -1.55. The summed E-state index contributed by atoms with van der Waals surface area (Å²) in [5.74, 6) is -0.286. The Labute approximate surface area is 114 Å². The zero-order valence-electron chi connectivity index (χ0n) is 11.8. The van der Waals surface area contributed by atoms with Crippen molar-refractivity contribution in [3.05, 3.63) is 29.8 Å². The van der Waals surface area contributed by atoms with Crippen LogP contribution in [0.25, 0.3) is 0 Å². The Kier molecular flexibility index (Phi) is 4.43. The van der Waals surface area contributed by atoms with Crippen LogP contribution in [-0.4, -0.2) is 38.9 Å². The molecule has 0 spiro atoms. The first-order valence-corrected chi connectivity index (χ1v) is 6.65. The molecule has 1 saturated heterocycles. The lowest BCUT2D eigenvalue weighted by Crippen LogP contribution is -2.39. The standard InChI is InChI=1S/C15H21NO3/c1-11(18-2)13-9-6-10-16(13)14-8-5-4-7-12(14)15(17)19-3/h4-5,7-8,11,13H,6,9-10H2,1-3H3. The molecule has 0 N–H and O–H groups in total. The molecule has 0 saturated carbocycles. The average Bonchev–Trinajstić information content (AvgIpc) is 2.94. The molecule has 0 aliphatic carbocycles. The van der Waals surface area contributed by atoms with Gasteiger partial charge in [0.25, 0.3) is 0 Å². The predicted molar refractivity (Wildman–Crippen MR) is 74.6 cm³/mol. The predicted octanol–water partition coefficient (Wildman–Crippen LogP) is 2.48. The normalized spacial score (nSPS) is 20.4. The number of rotatable bonds is 4. The smallest absolute Gasteiger partial charge is 0.339 e. The van der Waals surface area contributed by atoms with Gasteiger partial charge in [-0.25, -0.2) is 4.79 Å². The fourth-order valence-corrected chi connectivity index (χ4v) is 2.74. The number of methoxy groups -OCH3 is 2. The SMILES string of the molecule is COC(=O)c1ccccc1N1CCCC1C(C)OC. The second kappa shape index (κ2) is 6.06. The Morgan fingerprint density at radius 2 is 2.11 bits per heavy atom. The maximum absolute atomic E-state index is 11.9. The van der Waals surface area contributed by atoms with Gasteiger partial charge < -0.3 is 14.4 Å². The third kappa shape index (κ3) is 2.73. The number of nitrogens with zero attached hydrogens (tertiary/aromatic N) is 1. The molecule has 0 aromatic heterocycles. The van der Waals surface area contributed by atoms with Crippen LogP contribution in [0.15, 0.2) is 24.3 Å². The molecular weight excluding hydrogens is 242 g/mol. The van der Waals surface area contributed by atoms with E-state index in [0.717, 1.165) is 25.1 Å². The van der Waals surface area contributed by atoms with E-state index in [1.807, 2.05) is 24.3 Å². The molecule has 4 nitrogen and oxygen atoms in total. The largest absolute Gasteiger partial charge is 0.465 e. The zero-order chi connectivity index (χ0) is 13.8. The number of benzene rings is 1. The van der Waals surface area contributed by atoms with Crippen LogP contribution in [0, 0.1) is 0 Å². The molecule has 1 aromatic carbocycles. The van der Waals surface area contributed by atoms with Crippen LogP contribution in [0.3, 0.4) is 0 Å². The van der Waals surface area contributed by atoms with Gasteiger partial charge in [0.05, 0.1) is 30.5 Å². The fraction of sp³-hybridized carbons (Fsp3) is 0.533. The quantitative estimate of drug-likeness (QED) is 0.782. The summed E-state index contributed by atoms with van der Waals surface area (Å²) in [4.78, 5) is 14.1. The maximum atomic E-state index is 11.9. The van der Waals surface area contributed by atoms with E-state index in [0.29, 0.717) is 11.6 Å². The maximum Gasteiger partial charge on any atom is 0.339 e. The molecular formula is C15H21NO3. The number of hydrogen-bond acceptors (Lipinski definition) is 4. The summed E-state index contributed by atoms with van der Waals surface area (Å²) in [5, 5.41) is 0. The van der Waals surface area contributed by atoms with Gasteiger partial charge in [-0.15, -0.1) is 0 Å².